The topological polar surface area (TPSA) is 86.5 Å². The lowest BCUT2D eigenvalue weighted by Crippen LogP contribution is -2.46. The van der Waals surface area contributed by atoms with Gasteiger partial charge in [0.05, 0.1) is 0 Å². The minimum absolute atomic E-state index is 0.0725. The standard InChI is InChI=1S/C16H18N2O4/c19-15-10-14(22-17-15)12-6-7-18(16(20)21)13(9-12)8-11-4-2-1-3-5-11/h1-5,10,12-13H,6-9H2,(H,17,19)(H,20,21)/t12-,13-/m0/s1. The molecule has 0 radical (unpaired) electrons. The number of aromatic nitrogens is 1. The Balaban J connectivity index is 1.78. The number of piperidine rings is 1. The molecule has 22 heavy (non-hydrogen) atoms. The monoisotopic (exact) mass is 302 g/mol. The number of aromatic amines is 1. The molecule has 0 bridgehead atoms. The Morgan fingerprint density at radius 2 is 2.14 bits per heavy atom. The van der Waals surface area contributed by atoms with Crippen LogP contribution in [0.5, 0.6) is 0 Å². The lowest BCUT2D eigenvalue weighted by atomic mass is 9.86. The van der Waals surface area contributed by atoms with E-state index in [2.05, 4.69) is 5.16 Å². The lowest BCUT2D eigenvalue weighted by Gasteiger charge is -2.37. The van der Waals surface area contributed by atoms with E-state index in [9.17, 15) is 14.7 Å². The highest BCUT2D eigenvalue weighted by Crippen LogP contribution is 2.32. The predicted molar refractivity (Wildman–Crippen MR) is 80.0 cm³/mol. The zero-order valence-corrected chi connectivity index (χ0v) is 12.1. The molecule has 1 saturated heterocycles. The predicted octanol–water partition coefficient (Wildman–Crippen LogP) is 2.44. The molecule has 2 N–H and O–H groups in total. The summed E-state index contributed by atoms with van der Waals surface area (Å²) in [6.45, 7) is 0.451. The zero-order chi connectivity index (χ0) is 15.5. The van der Waals surface area contributed by atoms with Crippen LogP contribution in [0.1, 0.15) is 30.1 Å². The first-order valence-electron chi connectivity index (χ1n) is 7.35. The molecule has 3 rings (SSSR count). The number of rotatable bonds is 3. The molecular formula is C16H18N2O4. The Bertz CT molecular complexity index is 691. The highest BCUT2D eigenvalue weighted by atomic mass is 16.5. The first kappa shape index (κ1) is 14.4. The van der Waals surface area contributed by atoms with Crippen LogP contribution in [0, 0.1) is 0 Å². The van der Waals surface area contributed by atoms with Crippen molar-refractivity contribution in [3.63, 3.8) is 0 Å². The molecular weight excluding hydrogens is 284 g/mol. The van der Waals surface area contributed by atoms with Crippen LogP contribution < -0.4 is 5.56 Å². The quantitative estimate of drug-likeness (QED) is 0.911. The van der Waals surface area contributed by atoms with Gasteiger partial charge in [-0.25, -0.2) is 4.79 Å². The van der Waals surface area contributed by atoms with Crippen molar-refractivity contribution in [3.8, 4) is 0 Å². The molecule has 116 valence electrons. The smallest absolute Gasteiger partial charge is 0.407 e. The third-order valence-corrected chi connectivity index (χ3v) is 4.22. The molecule has 1 aromatic carbocycles. The van der Waals surface area contributed by atoms with E-state index >= 15 is 0 Å². The molecule has 0 spiro atoms. The van der Waals surface area contributed by atoms with Crippen LogP contribution in [-0.2, 0) is 6.42 Å². The van der Waals surface area contributed by atoms with Gasteiger partial charge in [0.25, 0.3) is 5.56 Å². The summed E-state index contributed by atoms with van der Waals surface area (Å²) in [5.41, 5.74) is 0.852. The zero-order valence-electron chi connectivity index (χ0n) is 12.1. The molecule has 1 aromatic heterocycles. The third-order valence-electron chi connectivity index (χ3n) is 4.22. The van der Waals surface area contributed by atoms with Crippen molar-refractivity contribution >= 4 is 6.09 Å². The van der Waals surface area contributed by atoms with E-state index < -0.39 is 6.09 Å². The normalized spacial score (nSPS) is 21.7. The van der Waals surface area contributed by atoms with Crippen LogP contribution in [0.25, 0.3) is 0 Å². The summed E-state index contributed by atoms with van der Waals surface area (Å²) < 4.78 is 5.19. The summed E-state index contributed by atoms with van der Waals surface area (Å²) >= 11 is 0. The average molecular weight is 302 g/mol. The minimum atomic E-state index is -0.894. The van der Waals surface area contributed by atoms with Gasteiger partial charge in [-0.15, -0.1) is 0 Å². The molecule has 0 saturated carbocycles. The van der Waals surface area contributed by atoms with E-state index in [-0.39, 0.29) is 17.5 Å². The van der Waals surface area contributed by atoms with Gasteiger partial charge in [0.1, 0.15) is 5.76 Å². The van der Waals surface area contributed by atoms with Crippen LogP contribution >= 0.6 is 0 Å². The van der Waals surface area contributed by atoms with Crippen LogP contribution in [0.3, 0.4) is 0 Å². The summed E-state index contributed by atoms with van der Waals surface area (Å²) in [6, 6.07) is 11.2. The average Bonchev–Trinajstić information content (AvgIpc) is 2.94. The largest absolute Gasteiger partial charge is 0.465 e. The number of nitrogens with one attached hydrogen (secondary N) is 1. The van der Waals surface area contributed by atoms with E-state index in [1.54, 1.807) is 0 Å². The molecule has 0 unspecified atom stereocenters. The second kappa shape index (κ2) is 6.09. The summed E-state index contributed by atoms with van der Waals surface area (Å²) in [7, 11) is 0. The van der Waals surface area contributed by atoms with Gasteiger partial charge in [-0.05, 0) is 24.8 Å². The fourth-order valence-corrected chi connectivity index (χ4v) is 3.14. The second-order valence-corrected chi connectivity index (χ2v) is 5.66. The first-order chi connectivity index (χ1) is 10.6. The van der Waals surface area contributed by atoms with Crippen molar-refractivity contribution in [2.24, 2.45) is 0 Å². The maximum Gasteiger partial charge on any atom is 0.407 e. The van der Waals surface area contributed by atoms with Crippen LogP contribution in [-0.4, -0.2) is 33.8 Å². The van der Waals surface area contributed by atoms with Gasteiger partial charge in [-0.3, -0.25) is 4.79 Å². The number of carbonyl (C=O) groups is 1. The van der Waals surface area contributed by atoms with Gasteiger partial charge in [0.15, 0.2) is 0 Å². The fraction of sp³-hybridized carbons (Fsp3) is 0.375. The van der Waals surface area contributed by atoms with Gasteiger partial charge in [0.2, 0.25) is 0 Å². The van der Waals surface area contributed by atoms with Crippen molar-refractivity contribution in [2.45, 2.75) is 31.2 Å². The molecule has 1 aliphatic rings. The van der Waals surface area contributed by atoms with E-state index in [1.165, 1.54) is 11.0 Å². The van der Waals surface area contributed by atoms with Crippen LogP contribution in [0.15, 0.2) is 45.7 Å². The highest BCUT2D eigenvalue weighted by molar-refractivity contribution is 5.65. The van der Waals surface area contributed by atoms with Gasteiger partial charge in [-0.1, -0.05) is 30.3 Å². The number of hydrogen-bond acceptors (Lipinski definition) is 3. The molecule has 1 fully saturated rings. The Kier molecular flexibility index (Phi) is 4.00. The lowest BCUT2D eigenvalue weighted by molar-refractivity contribution is 0.0968. The Labute approximate surface area is 127 Å². The summed E-state index contributed by atoms with van der Waals surface area (Å²) in [4.78, 5) is 24.2. The minimum Gasteiger partial charge on any atom is -0.465 e. The molecule has 0 aliphatic carbocycles. The Morgan fingerprint density at radius 1 is 1.36 bits per heavy atom. The van der Waals surface area contributed by atoms with E-state index in [4.69, 9.17) is 4.52 Å². The SMILES string of the molecule is O=C(O)N1CC[C@H](c2cc(=O)[nH]o2)C[C@@H]1Cc1ccccc1. The molecule has 1 amide bonds. The molecule has 6 nitrogen and oxygen atoms in total. The van der Waals surface area contributed by atoms with Gasteiger partial charge < -0.3 is 14.5 Å². The molecule has 2 heterocycles. The summed E-state index contributed by atoms with van der Waals surface area (Å²) in [5.74, 6) is 0.691. The number of nitrogens with zero attached hydrogens (tertiary/aromatic N) is 1. The van der Waals surface area contributed by atoms with Crippen molar-refractivity contribution in [1.29, 1.82) is 0 Å². The van der Waals surface area contributed by atoms with Gasteiger partial charge in [-0.2, -0.15) is 5.16 Å². The van der Waals surface area contributed by atoms with Crippen molar-refractivity contribution in [2.75, 3.05) is 6.54 Å². The summed E-state index contributed by atoms with van der Waals surface area (Å²) in [6.07, 6.45) is 1.09. The molecule has 2 aromatic rings. The number of benzene rings is 1. The number of likely N-dealkylation sites (tertiary alicyclic amines) is 1. The second-order valence-electron chi connectivity index (χ2n) is 5.66. The first-order valence-corrected chi connectivity index (χ1v) is 7.35. The van der Waals surface area contributed by atoms with Gasteiger partial charge >= 0.3 is 6.09 Å². The van der Waals surface area contributed by atoms with E-state index in [1.807, 2.05) is 30.3 Å². The fourth-order valence-electron chi connectivity index (χ4n) is 3.14. The van der Waals surface area contributed by atoms with Crippen molar-refractivity contribution in [3.05, 3.63) is 58.1 Å². The van der Waals surface area contributed by atoms with Crippen molar-refractivity contribution < 1.29 is 14.4 Å². The number of carboxylic acid groups (broad SMARTS) is 1. The Morgan fingerprint density at radius 3 is 2.77 bits per heavy atom. The molecule has 6 heteroatoms. The van der Waals surface area contributed by atoms with E-state index in [0.29, 0.717) is 31.6 Å². The number of amides is 1. The number of H-pyrrole nitrogens is 1. The number of hydrogen-bond donors (Lipinski definition) is 2. The Hall–Kier alpha value is -2.50. The molecule has 1 aliphatic heterocycles. The summed E-state index contributed by atoms with van der Waals surface area (Å²) in [5, 5.41) is 11.7. The maximum atomic E-state index is 11.4. The van der Waals surface area contributed by atoms with E-state index in [0.717, 1.165) is 5.56 Å². The van der Waals surface area contributed by atoms with Crippen molar-refractivity contribution in [1.82, 2.24) is 10.1 Å². The van der Waals surface area contributed by atoms with Crippen LogP contribution in [0.4, 0.5) is 4.79 Å². The third kappa shape index (κ3) is 3.05. The van der Waals surface area contributed by atoms with Gasteiger partial charge in [0, 0.05) is 24.6 Å². The maximum absolute atomic E-state index is 11.4. The highest BCUT2D eigenvalue weighted by Gasteiger charge is 2.33. The molecule has 2 atom stereocenters. The van der Waals surface area contributed by atoms with Crippen LogP contribution in [0.2, 0.25) is 0 Å².